The van der Waals surface area contributed by atoms with Crippen molar-refractivity contribution in [2.24, 2.45) is 5.92 Å². The Bertz CT molecular complexity index is 1480. The van der Waals surface area contributed by atoms with Crippen LogP contribution in [0.1, 0.15) is 62.5 Å². The minimum Gasteiger partial charge on any atom is -0.445 e. The number of hydrogen-bond acceptors (Lipinski definition) is 6. The van der Waals surface area contributed by atoms with Crippen LogP contribution in [0.4, 0.5) is 4.79 Å². The Kier molecular flexibility index (Phi) is 12.5. The van der Waals surface area contributed by atoms with Crippen LogP contribution in [0.15, 0.2) is 95.9 Å². The summed E-state index contributed by atoms with van der Waals surface area (Å²) in [6, 6.07) is 28.2. The first kappa shape index (κ1) is 35.1. The molecule has 1 atom stereocenters. The average molecular weight is 662 g/mol. The molecule has 254 valence electrons. The number of carbonyl (C=O) groups is 1. The first-order valence-electron chi connectivity index (χ1n) is 17.2. The third-order valence-electron chi connectivity index (χ3n) is 10.2. The maximum atomic E-state index is 13.5. The predicted molar refractivity (Wildman–Crippen MR) is 185 cm³/mol. The van der Waals surface area contributed by atoms with Gasteiger partial charge in [-0.25, -0.2) is 13.2 Å². The van der Waals surface area contributed by atoms with Gasteiger partial charge in [-0.1, -0.05) is 98.1 Å². The van der Waals surface area contributed by atoms with Gasteiger partial charge in [-0.2, -0.15) is 4.31 Å². The molecule has 5 rings (SSSR count). The smallest absolute Gasteiger partial charge is 0.410 e. The van der Waals surface area contributed by atoms with Crippen LogP contribution in [0.2, 0.25) is 0 Å². The van der Waals surface area contributed by atoms with Crippen LogP contribution in [-0.2, 0) is 26.8 Å². The van der Waals surface area contributed by atoms with Gasteiger partial charge in [0.2, 0.25) is 10.0 Å². The number of amides is 1. The molecule has 0 radical (unpaired) electrons. The molecule has 1 saturated heterocycles. The van der Waals surface area contributed by atoms with Gasteiger partial charge in [0.25, 0.3) is 0 Å². The lowest BCUT2D eigenvalue weighted by atomic mass is 9.77. The molecule has 1 N–H and O–H groups in total. The second-order valence-electron chi connectivity index (χ2n) is 13.4. The number of rotatable bonds is 14. The van der Waals surface area contributed by atoms with Crippen molar-refractivity contribution in [1.29, 1.82) is 0 Å². The van der Waals surface area contributed by atoms with Crippen molar-refractivity contribution in [3.8, 4) is 0 Å². The Hall–Kier alpha value is -3.24. The lowest BCUT2D eigenvalue weighted by Gasteiger charge is -2.41. The molecule has 2 fully saturated rings. The van der Waals surface area contributed by atoms with Crippen molar-refractivity contribution in [2.75, 3.05) is 46.4 Å². The van der Waals surface area contributed by atoms with Gasteiger partial charge < -0.3 is 19.6 Å². The molecular weight excluding hydrogens is 611 g/mol. The number of benzene rings is 3. The number of piperidine rings is 1. The average Bonchev–Trinajstić information content (AvgIpc) is 3.13. The molecular formula is C38H51N3O5S. The topological polar surface area (TPSA) is 90.4 Å². The van der Waals surface area contributed by atoms with Gasteiger partial charge in [0.1, 0.15) is 6.61 Å². The number of likely N-dealkylation sites (tertiary alicyclic amines) is 1. The van der Waals surface area contributed by atoms with Crippen LogP contribution >= 0.6 is 0 Å². The number of carbonyl (C=O) groups excluding carboxylic acids is 1. The molecule has 1 saturated carbocycles. The van der Waals surface area contributed by atoms with Gasteiger partial charge in [-0.15, -0.1) is 0 Å². The highest BCUT2D eigenvalue weighted by molar-refractivity contribution is 7.89. The Labute approximate surface area is 281 Å². The van der Waals surface area contributed by atoms with E-state index in [-0.39, 0.29) is 36.8 Å². The van der Waals surface area contributed by atoms with E-state index < -0.39 is 15.4 Å². The molecule has 2 aliphatic rings. The zero-order valence-electron chi connectivity index (χ0n) is 27.8. The molecule has 9 heteroatoms. The predicted octanol–water partition coefficient (Wildman–Crippen LogP) is 6.31. The van der Waals surface area contributed by atoms with Crippen LogP contribution in [-0.4, -0.2) is 86.1 Å². The SMILES string of the molecule is CN(CC(CO)(CCN1CCC(N(CC2CCCCC2)C(=O)OCc2ccccc2)CC1)c1ccccc1)S(=O)(=O)c1ccccc1. The Morgan fingerprint density at radius 1 is 0.872 bits per heavy atom. The van der Waals surface area contributed by atoms with Crippen LogP contribution in [0, 0.1) is 5.92 Å². The Morgan fingerprint density at radius 3 is 2.09 bits per heavy atom. The number of sulfonamides is 1. The number of ether oxygens (including phenoxy) is 1. The van der Waals surface area contributed by atoms with Gasteiger partial charge in [0.05, 0.1) is 11.5 Å². The molecule has 0 aromatic heterocycles. The van der Waals surface area contributed by atoms with Crippen molar-refractivity contribution >= 4 is 16.1 Å². The molecule has 1 unspecified atom stereocenters. The molecule has 3 aromatic rings. The van der Waals surface area contributed by atoms with Gasteiger partial charge >= 0.3 is 6.09 Å². The maximum Gasteiger partial charge on any atom is 0.410 e. The molecule has 8 nitrogen and oxygen atoms in total. The zero-order valence-corrected chi connectivity index (χ0v) is 28.6. The van der Waals surface area contributed by atoms with E-state index in [2.05, 4.69) is 4.90 Å². The largest absolute Gasteiger partial charge is 0.445 e. The van der Waals surface area contributed by atoms with E-state index in [1.807, 2.05) is 65.6 Å². The van der Waals surface area contributed by atoms with Gasteiger partial charge in [-0.3, -0.25) is 0 Å². The zero-order chi connectivity index (χ0) is 33.1. The van der Waals surface area contributed by atoms with Gasteiger partial charge in [-0.05, 0) is 67.8 Å². The van der Waals surface area contributed by atoms with E-state index in [0.29, 0.717) is 18.9 Å². The number of nitrogens with zero attached hydrogens (tertiary/aromatic N) is 3. The van der Waals surface area contributed by atoms with Crippen molar-refractivity contribution < 1.29 is 23.1 Å². The van der Waals surface area contributed by atoms with Crippen molar-refractivity contribution in [3.63, 3.8) is 0 Å². The highest BCUT2D eigenvalue weighted by Gasteiger charge is 2.38. The van der Waals surface area contributed by atoms with Crippen LogP contribution in [0.25, 0.3) is 0 Å². The van der Waals surface area contributed by atoms with Crippen LogP contribution in [0.5, 0.6) is 0 Å². The van der Waals surface area contributed by atoms with E-state index in [9.17, 15) is 18.3 Å². The molecule has 0 bridgehead atoms. The van der Waals surface area contributed by atoms with Crippen LogP contribution in [0.3, 0.4) is 0 Å². The summed E-state index contributed by atoms with van der Waals surface area (Å²) in [5.41, 5.74) is 1.14. The molecule has 47 heavy (non-hydrogen) atoms. The maximum absolute atomic E-state index is 13.5. The number of likely N-dealkylation sites (N-methyl/N-ethyl adjacent to an activating group) is 1. The van der Waals surface area contributed by atoms with Crippen molar-refractivity contribution in [3.05, 3.63) is 102 Å². The summed E-state index contributed by atoms with van der Waals surface area (Å²) in [6.45, 7) is 3.37. The molecule has 1 aliphatic carbocycles. The second-order valence-corrected chi connectivity index (χ2v) is 15.4. The summed E-state index contributed by atoms with van der Waals surface area (Å²) in [6.07, 6.45) is 8.15. The van der Waals surface area contributed by atoms with Crippen molar-refractivity contribution in [1.82, 2.24) is 14.1 Å². The monoisotopic (exact) mass is 661 g/mol. The molecule has 3 aromatic carbocycles. The molecule has 1 heterocycles. The first-order chi connectivity index (χ1) is 22.8. The summed E-state index contributed by atoms with van der Waals surface area (Å²) < 4.78 is 34.2. The standard InChI is InChI=1S/C38H51N3O5S/c1-39(47(44,45)36-20-12-5-13-21-36)30-38(31-42,34-18-10-4-11-19-34)24-27-40-25-22-35(23-26-40)41(28-32-14-6-2-7-15-32)37(43)46-29-33-16-8-3-9-17-33/h3-5,8-13,16-21,32,35,42H,2,6-7,14-15,22-31H2,1H3. The fourth-order valence-corrected chi connectivity index (χ4v) is 8.54. The quantitative estimate of drug-likeness (QED) is 0.218. The first-order valence-corrected chi connectivity index (χ1v) is 18.6. The Morgan fingerprint density at radius 2 is 1.47 bits per heavy atom. The normalized spacial score (nSPS) is 18.1. The summed E-state index contributed by atoms with van der Waals surface area (Å²) in [4.78, 5) is 18.2. The fourth-order valence-electron chi connectivity index (χ4n) is 7.26. The molecule has 0 spiro atoms. The van der Waals surface area contributed by atoms with E-state index in [0.717, 1.165) is 43.6 Å². The van der Waals surface area contributed by atoms with E-state index in [1.54, 1.807) is 37.4 Å². The summed E-state index contributed by atoms with van der Waals surface area (Å²) in [7, 11) is -2.14. The lowest BCUT2D eigenvalue weighted by molar-refractivity contribution is 0.0477. The summed E-state index contributed by atoms with van der Waals surface area (Å²) >= 11 is 0. The van der Waals surface area contributed by atoms with E-state index >= 15 is 0 Å². The third-order valence-corrected chi connectivity index (χ3v) is 12.0. The molecule has 1 aliphatic heterocycles. The number of aliphatic hydroxyl groups is 1. The Balaban J connectivity index is 1.24. The number of hydrogen-bond donors (Lipinski definition) is 1. The fraction of sp³-hybridized carbons (Fsp3) is 0.500. The van der Waals surface area contributed by atoms with Gasteiger partial charge in [0.15, 0.2) is 0 Å². The minimum absolute atomic E-state index is 0.121. The lowest BCUT2D eigenvalue weighted by Crippen LogP contribution is -2.51. The number of aliphatic hydroxyl groups excluding tert-OH is 1. The third kappa shape index (κ3) is 9.22. The van der Waals surface area contributed by atoms with Crippen molar-refractivity contribution in [2.45, 2.75) is 74.3 Å². The highest BCUT2D eigenvalue weighted by atomic mass is 32.2. The van der Waals surface area contributed by atoms with Crippen LogP contribution < -0.4 is 0 Å². The van der Waals surface area contributed by atoms with Gasteiger partial charge in [0, 0.05) is 44.7 Å². The molecule has 1 amide bonds. The van der Waals surface area contributed by atoms with E-state index in [4.69, 9.17) is 4.74 Å². The van der Waals surface area contributed by atoms with E-state index in [1.165, 1.54) is 36.4 Å². The summed E-state index contributed by atoms with van der Waals surface area (Å²) in [5.74, 6) is 0.520. The summed E-state index contributed by atoms with van der Waals surface area (Å²) in [5, 5.41) is 10.9. The highest BCUT2D eigenvalue weighted by Crippen LogP contribution is 2.32. The minimum atomic E-state index is -3.73. The second kappa shape index (κ2) is 16.7.